The third-order valence-electron chi connectivity index (χ3n) is 4.79. The van der Waals surface area contributed by atoms with Gasteiger partial charge >= 0.3 is 5.97 Å². The van der Waals surface area contributed by atoms with E-state index in [0.29, 0.717) is 17.2 Å². The second-order valence-electron chi connectivity index (χ2n) is 7.16. The van der Waals surface area contributed by atoms with E-state index in [-0.39, 0.29) is 17.9 Å². The Kier molecular flexibility index (Phi) is 6.66. The molecular weight excluding hydrogens is 418 g/mol. The Balaban J connectivity index is 1.31. The molecule has 0 saturated heterocycles. The monoisotopic (exact) mass is 439 g/mol. The summed E-state index contributed by atoms with van der Waals surface area (Å²) in [6, 6.07) is 30.1. The van der Waals surface area contributed by atoms with E-state index >= 15 is 0 Å². The van der Waals surface area contributed by atoms with E-state index < -0.39 is 11.9 Å². The van der Waals surface area contributed by atoms with E-state index in [0.717, 1.165) is 11.1 Å². The predicted octanol–water partition coefficient (Wildman–Crippen LogP) is 5.30. The van der Waals surface area contributed by atoms with Crippen LogP contribution >= 0.6 is 0 Å². The number of carbonyl (C=O) groups excluding carboxylic acids is 2. The molecule has 0 aliphatic heterocycles. The lowest BCUT2D eigenvalue weighted by Crippen LogP contribution is -2.20. The van der Waals surface area contributed by atoms with E-state index in [1.165, 1.54) is 18.2 Å². The van der Waals surface area contributed by atoms with Crippen LogP contribution in [0.4, 0.5) is 5.69 Å². The number of para-hydroxylation sites is 1. The average Bonchev–Trinajstić information content (AvgIpc) is 2.84. The molecule has 0 atom stereocenters. The number of nitrogens with one attached hydrogen (secondary N) is 1. The van der Waals surface area contributed by atoms with Gasteiger partial charge < -0.3 is 19.9 Å². The summed E-state index contributed by atoms with van der Waals surface area (Å²) >= 11 is 0. The van der Waals surface area contributed by atoms with Gasteiger partial charge in [0.05, 0.1) is 0 Å². The lowest BCUT2D eigenvalue weighted by atomic mass is 10.1. The van der Waals surface area contributed by atoms with Crippen molar-refractivity contribution in [3.05, 3.63) is 109 Å². The highest BCUT2D eigenvalue weighted by Crippen LogP contribution is 2.24. The second kappa shape index (κ2) is 10.2. The van der Waals surface area contributed by atoms with E-state index in [9.17, 15) is 14.7 Å². The zero-order chi connectivity index (χ0) is 23.0. The SMILES string of the molecule is O=C(COc1ccc(-c2ccccc2)cc1)Nc1ccc(C(=O)Oc2ccccc2)c(O)c1. The predicted molar refractivity (Wildman–Crippen MR) is 126 cm³/mol. The fraction of sp³-hybridized carbons (Fsp3) is 0.0370. The summed E-state index contributed by atoms with van der Waals surface area (Å²) in [7, 11) is 0. The van der Waals surface area contributed by atoms with Crippen molar-refractivity contribution in [2.24, 2.45) is 0 Å². The van der Waals surface area contributed by atoms with E-state index in [2.05, 4.69) is 5.32 Å². The number of esters is 1. The quantitative estimate of drug-likeness (QED) is 0.302. The molecule has 4 aromatic carbocycles. The summed E-state index contributed by atoms with van der Waals surface area (Å²) in [4.78, 5) is 24.5. The van der Waals surface area contributed by atoms with Gasteiger partial charge in [-0.1, -0.05) is 60.7 Å². The van der Waals surface area contributed by atoms with Gasteiger partial charge in [-0.05, 0) is 47.5 Å². The fourth-order valence-electron chi connectivity index (χ4n) is 3.15. The molecule has 4 aromatic rings. The molecule has 0 aliphatic rings. The summed E-state index contributed by atoms with van der Waals surface area (Å²) in [5, 5.41) is 12.8. The van der Waals surface area contributed by atoms with Crippen molar-refractivity contribution >= 4 is 17.6 Å². The first-order valence-corrected chi connectivity index (χ1v) is 10.3. The minimum atomic E-state index is -0.696. The topological polar surface area (TPSA) is 84.9 Å². The fourth-order valence-corrected chi connectivity index (χ4v) is 3.15. The van der Waals surface area contributed by atoms with Gasteiger partial charge in [-0.3, -0.25) is 4.79 Å². The van der Waals surface area contributed by atoms with Crippen LogP contribution in [0.3, 0.4) is 0 Å². The van der Waals surface area contributed by atoms with Crippen molar-refractivity contribution in [2.75, 3.05) is 11.9 Å². The molecule has 0 aromatic heterocycles. The third-order valence-corrected chi connectivity index (χ3v) is 4.79. The van der Waals surface area contributed by atoms with Crippen LogP contribution in [0.2, 0.25) is 0 Å². The van der Waals surface area contributed by atoms with Crippen molar-refractivity contribution in [1.82, 2.24) is 0 Å². The number of aromatic hydroxyl groups is 1. The maximum atomic E-state index is 12.3. The Bertz CT molecular complexity index is 1240. The smallest absolute Gasteiger partial charge is 0.347 e. The van der Waals surface area contributed by atoms with Crippen LogP contribution in [0.25, 0.3) is 11.1 Å². The zero-order valence-corrected chi connectivity index (χ0v) is 17.6. The van der Waals surface area contributed by atoms with Crippen molar-refractivity contribution in [3.63, 3.8) is 0 Å². The largest absolute Gasteiger partial charge is 0.507 e. The number of phenolic OH excluding ortho intramolecular Hbond substituents is 1. The summed E-state index contributed by atoms with van der Waals surface area (Å²) < 4.78 is 10.8. The normalized spacial score (nSPS) is 10.3. The first-order chi connectivity index (χ1) is 16.1. The minimum Gasteiger partial charge on any atom is -0.507 e. The van der Waals surface area contributed by atoms with Gasteiger partial charge in [0, 0.05) is 11.8 Å². The molecule has 0 saturated carbocycles. The van der Waals surface area contributed by atoms with E-state index in [1.54, 1.807) is 42.5 Å². The Labute approximate surface area is 191 Å². The van der Waals surface area contributed by atoms with Gasteiger partial charge in [0.2, 0.25) is 0 Å². The lowest BCUT2D eigenvalue weighted by Gasteiger charge is -2.10. The van der Waals surface area contributed by atoms with Crippen LogP contribution in [0, 0.1) is 0 Å². The molecule has 164 valence electrons. The van der Waals surface area contributed by atoms with Crippen LogP contribution in [-0.2, 0) is 4.79 Å². The highest BCUT2D eigenvalue weighted by molar-refractivity contribution is 5.96. The molecule has 0 heterocycles. The van der Waals surface area contributed by atoms with Crippen LogP contribution in [0.5, 0.6) is 17.2 Å². The minimum absolute atomic E-state index is 0.00777. The maximum Gasteiger partial charge on any atom is 0.347 e. The molecule has 0 fully saturated rings. The number of benzene rings is 4. The first kappa shape index (κ1) is 21.6. The highest BCUT2D eigenvalue weighted by atomic mass is 16.5. The molecule has 0 unspecified atom stereocenters. The molecule has 2 N–H and O–H groups in total. The van der Waals surface area contributed by atoms with Gasteiger partial charge in [0.15, 0.2) is 6.61 Å². The number of carbonyl (C=O) groups is 2. The maximum absolute atomic E-state index is 12.3. The van der Waals surface area contributed by atoms with Gasteiger partial charge in [-0.25, -0.2) is 4.79 Å². The van der Waals surface area contributed by atoms with Gasteiger partial charge in [0.25, 0.3) is 5.91 Å². The van der Waals surface area contributed by atoms with Gasteiger partial charge in [-0.15, -0.1) is 0 Å². The number of ether oxygens (including phenoxy) is 2. The van der Waals surface area contributed by atoms with Crippen molar-refractivity contribution in [2.45, 2.75) is 0 Å². The number of hydrogen-bond acceptors (Lipinski definition) is 5. The Morgan fingerprint density at radius 3 is 2.03 bits per heavy atom. The molecule has 1 amide bonds. The molecule has 6 nitrogen and oxygen atoms in total. The molecule has 0 aliphatic carbocycles. The summed E-state index contributed by atoms with van der Waals surface area (Å²) in [6.07, 6.45) is 0. The van der Waals surface area contributed by atoms with Crippen molar-refractivity contribution < 1.29 is 24.2 Å². The molecule has 4 rings (SSSR count). The standard InChI is InChI=1S/C27H21NO5/c29-25-17-21(13-16-24(25)27(31)33-23-9-5-2-6-10-23)28-26(30)18-32-22-14-11-20(12-15-22)19-7-3-1-4-8-19/h1-17,29H,18H2,(H,28,30). The number of hydrogen-bond donors (Lipinski definition) is 2. The number of amides is 1. The second-order valence-corrected chi connectivity index (χ2v) is 7.16. The van der Waals surface area contributed by atoms with Crippen LogP contribution in [0.1, 0.15) is 10.4 Å². The highest BCUT2D eigenvalue weighted by Gasteiger charge is 2.15. The Morgan fingerprint density at radius 1 is 0.727 bits per heavy atom. The molecular formula is C27H21NO5. The van der Waals surface area contributed by atoms with Crippen LogP contribution in [0.15, 0.2) is 103 Å². The summed E-state index contributed by atoms with van der Waals surface area (Å²) in [5.74, 6) is -0.467. The van der Waals surface area contributed by atoms with E-state index in [4.69, 9.17) is 9.47 Å². The molecule has 6 heteroatoms. The zero-order valence-electron chi connectivity index (χ0n) is 17.6. The molecule has 0 bridgehead atoms. The molecule has 33 heavy (non-hydrogen) atoms. The first-order valence-electron chi connectivity index (χ1n) is 10.3. The van der Waals surface area contributed by atoms with E-state index in [1.807, 2.05) is 42.5 Å². The van der Waals surface area contributed by atoms with Crippen LogP contribution in [-0.4, -0.2) is 23.6 Å². The number of phenols is 1. The van der Waals surface area contributed by atoms with Crippen molar-refractivity contribution in [3.8, 4) is 28.4 Å². The van der Waals surface area contributed by atoms with Gasteiger partial charge in [-0.2, -0.15) is 0 Å². The van der Waals surface area contributed by atoms with Gasteiger partial charge in [0.1, 0.15) is 22.8 Å². The average molecular weight is 439 g/mol. The third kappa shape index (κ3) is 5.77. The lowest BCUT2D eigenvalue weighted by molar-refractivity contribution is -0.118. The summed E-state index contributed by atoms with van der Waals surface area (Å²) in [6.45, 7) is -0.205. The molecule has 0 spiro atoms. The Hall–Kier alpha value is -4.58. The van der Waals surface area contributed by atoms with Crippen LogP contribution < -0.4 is 14.8 Å². The summed E-state index contributed by atoms with van der Waals surface area (Å²) in [5.41, 5.74) is 2.47. The number of rotatable bonds is 7. The number of anilines is 1. The van der Waals surface area contributed by atoms with Crippen molar-refractivity contribution in [1.29, 1.82) is 0 Å². The Morgan fingerprint density at radius 2 is 1.36 bits per heavy atom. The molecule has 0 radical (unpaired) electrons.